The van der Waals surface area contributed by atoms with Crippen molar-refractivity contribution in [2.75, 3.05) is 23.8 Å². The van der Waals surface area contributed by atoms with Crippen LogP contribution in [-0.2, 0) is 24.4 Å². The summed E-state index contributed by atoms with van der Waals surface area (Å²) in [6.45, 7) is 4.74. The number of hydrogen-bond acceptors (Lipinski definition) is 8. The number of carbonyl (C=O) groups excluding carboxylic acids is 2. The minimum Gasteiger partial charge on any atom is -0.399 e. The lowest BCUT2D eigenvalue weighted by Crippen LogP contribution is -2.44. The summed E-state index contributed by atoms with van der Waals surface area (Å²) < 4.78 is 1.24. The fraction of sp³-hybridized carbons (Fsp3) is 0.219. The zero-order chi connectivity index (χ0) is 32.5. The first-order valence-electron chi connectivity index (χ1n) is 14.4. The summed E-state index contributed by atoms with van der Waals surface area (Å²) in [6, 6.07) is 21.0. The monoisotopic (exact) mass is 629 g/mol. The molecule has 13 heteroatoms. The van der Waals surface area contributed by atoms with E-state index in [2.05, 4.69) is 21.0 Å². The predicted octanol–water partition coefficient (Wildman–Crippen LogP) is 3.03. The van der Waals surface area contributed by atoms with E-state index in [-0.39, 0.29) is 52.7 Å². The highest BCUT2D eigenvalue weighted by Crippen LogP contribution is 2.29. The molecule has 4 rings (SSSR count). The van der Waals surface area contributed by atoms with Gasteiger partial charge in [-0.05, 0) is 36.2 Å². The molecule has 0 aliphatic heterocycles. The van der Waals surface area contributed by atoms with Gasteiger partial charge in [-0.15, -0.1) is 0 Å². The third kappa shape index (κ3) is 8.25. The van der Waals surface area contributed by atoms with Gasteiger partial charge in [-0.25, -0.2) is 10.4 Å². The number of nitrogens with zero attached hydrogens (tertiary/aromatic N) is 3. The van der Waals surface area contributed by atoms with Crippen LogP contribution >= 0.6 is 11.6 Å². The minimum absolute atomic E-state index is 0.0189. The molecule has 0 saturated heterocycles. The van der Waals surface area contributed by atoms with Crippen molar-refractivity contribution < 1.29 is 9.59 Å². The van der Waals surface area contributed by atoms with E-state index in [9.17, 15) is 14.4 Å². The van der Waals surface area contributed by atoms with E-state index in [0.717, 1.165) is 11.1 Å². The molecule has 0 saturated carbocycles. The van der Waals surface area contributed by atoms with Crippen LogP contribution in [0.15, 0.2) is 77.6 Å². The van der Waals surface area contributed by atoms with Crippen molar-refractivity contribution >= 4 is 40.8 Å². The third-order valence-electron chi connectivity index (χ3n) is 6.87. The van der Waals surface area contributed by atoms with E-state index in [1.165, 1.54) is 10.6 Å². The fourth-order valence-corrected chi connectivity index (χ4v) is 4.95. The Morgan fingerprint density at radius 2 is 1.62 bits per heavy atom. The lowest BCUT2D eigenvalue weighted by Gasteiger charge is -2.24. The van der Waals surface area contributed by atoms with Crippen molar-refractivity contribution in [1.82, 2.24) is 25.6 Å². The Labute approximate surface area is 265 Å². The highest BCUT2D eigenvalue weighted by atomic mass is 35.5. The summed E-state index contributed by atoms with van der Waals surface area (Å²) in [5, 5.41) is 14.7. The van der Waals surface area contributed by atoms with Crippen LogP contribution in [0.4, 0.5) is 11.5 Å². The van der Waals surface area contributed by atoms with Gasteiger partial charge in [-0.2, -0.15) is 0 Å². The Balaban J connectivity index is 1.69. The number of halogens is 1. The molecule has 2 amide bonds. The van der Waals surface area contributed by atoms with Crippen molar-refractivity contribution in [2.24, 2.45) is 5.73 Å². The van der Waals surface area contributed by atoms with Gasteiger partial charge in [0, 0.05) is 48.6 Å². The number of benzene rings is 3. The zero-order valence-electron chi connectivity index (χ0n) is 25.1. The van der Waals surface area contributed by atoms with Gasteiger partial charge < -0.3 is 22.1 Å². The third-order valence-corrected chi connectivity index (χ3v) is 7.13. The average Bonchev–Trinajstić information content (AvgIpc) is 3.03. The number of rotatable bonds is 13. The van der Waals surface area contributed by atoms with Crippen LogP contribution in [0, 0.1) is 5.41 Å². The Bertz CT molecular complexity index is 1740. The van der Waals surface area contributed by atoms with Crippen molar-refractivity contribution in [1.29, 1.82) is 5.41 Å². The summed E-state index contributed by atoms with van der Waals surface area (Å²) in [5.74, 6) is -0.872. The van der Waals surface area contributed by atoms with Crippen molar-refractivity contribution in [3.05, 3.63) is 111 Å². The number of aromatic nitrogens is 2. The quantitative estimate of drug-likeness (QED) is 0.0564. The molecule has 45 heavy (non-hydrogen) atoms. The van der Waals surface area contributed by atoms with Gasteiger partial charge in [-0.1, -0.05) is 73.1 Å². The number of nitrogens with one attached hydrogen (secondary N) is 4. The molecule has 0 radical (unpaired) electrons. The van der Waals surface area contributed by atoms with Crippen LogP contribution in [0.2, 0.25) is 5.15 Å². The standard InChI is InChI=1S/C32H36ClN9O3/c1-3-39-42(4-2)30-32(45)41(19-26(43)37-17-21-10-12-22(13-11-21)29(35)36)27(28(33)40-30)23-14-24(16-25(34)15-23)31(44)38-18-20-8-6-5-7-9-20/h5-16,39H,3-4,17-19,34H2,1-2H3,(H3,35,36)(H,37,43)(H,38,44). The topological polar surface area (TPSA) is 184 Å². The van der Waals surface area contributed by atoms with Crippen LogP contribution in [0.1, 0.15) is 40.9 Å². The van der Waals surface area contributed by atoms with Gasteiger partial charge in [0.1, 0.15) is 12.4 Å². The number of anilines is 2. The van der Waals surface area contributed by atoms with E-state index in [0.29, 0.717) is 30.8 Å². The molecule has 0 spiro atoms. The first-order valence-corrected chi connectivity index (χ1v) is 14.7. The number of carbonyl (C=O) groups is 2. The first kappa shape index (κ1) is 32.7. The van der Waals surface area contributed by atoms with Gasteiger partial charge in [0.15, 0.2) is 5.15 Å². The number of nitrogen functional groups attached to an aromatic ring is 2. The van der Waals surface area contributed by atoms with Crippen molar-refractivity contribution in [3.8, 4) is 11.3 Å². The molecule has 1 aromatic heterocycles. The van der Waals surface area contributed by atoms with Gasteiger partial charge in [0.2, 0.25) is 11.7 Å². The van der Waals surface area contributed by atoms with Gasteiger partial charge in [0.25, 0.3) is 11.5 Å². The van der Waals surface area contributed by atoms with E-state index >= 15 is 0 Å². The maximum atomic E-state index is 13.9. The predicted molar refractivity (Wildman–Crippen MR) is 177 cm³/mol. The van der Waals surface area contributed by atoms with E-state index in [1.54, 1.807) is 41.4 Å². The number of hydrogen-bond donors (Lipinski definition) is 6. The average molecular weight is 630 g/mol. The summed E-state index contributed by atoms with van der Waals surface area (Å²) in [6.07, 6.45) is 0. The van der Waals surface area contributed by atoms with Gasteiger partial charge in [0.05, 0.1) is 5.69 Å². The normalized spacial score (nSPS) is 10.7. The maximum absolute atomic E-state index is 13.9. The molecule has 0 aliphatic carbocycles. The summed E-state index contributed by atoms with van der Waals surface area (Å²) >= 11 is 6.74. The first-order chi connectivity index (χ1) is 21.6. The van der Waals surface area contributed by atoms with Crippen LogP contribution < -0.4 is 38.1 Å². The largest absolute Gasteiger partial charge is 0.399 e. The molecular weight excluding hydrogens is 594 g/mol. The molecule has 234 valence electrons. The van der Waals surface area contributed by atoms with E-state index in [1.807, 2.05) is 44.2 Å². The van der Waals surface area contributed by atoms with Gasteiger partial charge in [-0.3, -0.25) is 29.4 Å². The molecule has 0 aliphatic rings. The lowest BCUT2D eigenvalue weighted by atomic mass is 10.1. The van der Waals surface area contributed by atoms with E-state index < -0.39 is 11.5 Å². The second-order valence-electron chi connectivity index (χ2n) is 10.1. The molecule has 0 bridgehead atoms. The molecular formula is C32H36ClN9O3. The number of nitrogens with two attached hydrogens (primary N) is 2. The molecule has 0 atom stereocenters. The molecule has 12 nitrogen and oxygen atoms in total. The minimum atomic E-state index is -0.560. The van der Waals surface area contributed by atoms with E-state index in [4.69, 9.17) is 28.5 Å². The molecule has 1 heterocycles. The molecule has 8 N–H and O–H groups in total. The summed E-state index contributed by atoms with van der Waals surface area (Å²) in [7, 11) is 0. The van der Waals surface area contributed by atoms with Crippen LogP contribution in [0.5, 0.6) is 0 Å². The highest BCUT2D eigenvalue weighted by Gasteiger charge is 2.23. The SMILES string of the molecule is CCNN(CC)c1nc(Cl)c(-c2cc(N)cc(C(=O)NCc3ccccc3)c2)n(CC(=O)NCc2ccc(C(=N)N)cc2)c1=O. The molecule has 4 aromatic rings. The number of amidine groups is 1. The molecule has 3 aromatic carbocycles. The summed E-state index contributed by atoms with van der Waals surface area (Å²) in [4.78, 5) is 44.7. The Morgan fingerprint density at radius 3 is 2.27 bits per heavy atom. The zero-order valence-corrected chi connectivity index (χ0v) is 25.8. The fourth-order valence-electron chi connectivity index (χ4n) is 4.66. The second-order valence-corrected chi connectivity index (χ2v) is 10.5. The Hall–Kier alpha value is -5.20. The number of hydrazine groups is 1. The second kappa shape index (κ2) is 15.0. The molecule has 0 fully saturated rings. The highest BCUT2D eigenvalue weighted by molar-refractivity contribution is 6.32. The summed E-state index contributed by atoms with van der Waals surface area (Å²) in [5.41, 5.74) is 17.5. The maximum Gasteiger partial charge on any atom is 0.295 e. The smallest absolute Gasteiger partial charge is 0.295 e. The van der Waals surface area contributed by atoms with Gasteiger partial charge >= 0.3 is 0 Å². The lowest BCUT2D eigenvalue weighted by molar-refractivity contribution is -0.121. The van der Waals surface area contributed by atoms with Crippen molar-refractivity contribution in [2.45, 2.75) is 33.5 Å². The van der Waals surface area contributed by atoms with Crippen LogP contribution in [0.3, 0.4) is 0 Å². The van der Waals surface area contributed by atoms with Crippen molar-refractivity contribution in [3.63, 3.8) is 0 Å². The number of amides is 2. The van der Waals surface area contributed by atoms with Crippen LogP contribution in [0.25, 0.3) is 11.3 Å². The Morgan fingerprint density at radius 1 is 0.956 bits per heavy atom. The molecule has 0 unspecified atom stereocenters. The Kier molecular flexibility index (Phi) is 10.9. The van der Waals surface area contributed by atoms with Crippen LogP contribution in [-0.4, -0.2) is 40.3 Å².